The predicted molar refractivity (Wildman–Crippen MR) is 138 cm³/mol. The van der Waals surface area contributed by atoms with Gasteiger partial charge in [-0.3, -0.25) is 9.97 Å². The van der Waals surface area contributed by atoms with Crippen LogP contribution in [-0.4, -0.2) is 9.97 Å². The van der Waals surface area contributed by atoms with E-state index in [9.17, 15) is 0 Å². The summed E-state index contributed by atoms with van der Waals surface area (Å²) in [4.78, 5) is 9.16. The van der Waals surface area contributed by atoms with Gasteiger partial charge in [-0.25, -0.2) is 0 Å². The number of hydrogen-bond donors (Lipinski definition) is 0. The number of benzene rings is 2. The van der Waals surface area contributed by atoms with Crippen molar-refractivity contribution >= 4 is 21.7 Å². The van der Waals surface area contributed by atoms with E-state index < -0.39 is 0 Å². The van der Waals surface area contributed by atoms with Gasteiger partial charge in [0.15, 0.2) is 0 Å². The van der Waals surface area contributed by atoms with Crippen LogP contribution < -0.4 is 0 Å². The van der Waals surface area contributed by atoms with Crippen molar-refractivity contribution in [1.82, 2.24) is 9.97 Å². The molecule has 0 saturated carbocycles. The zero-order valence-corrected chi connectivity index (χ0v) is 20.4. The van der Waals surface area contributed by atoms with E-state index in [1.165, 1.54) is 43.9 Å². The van der Waals surface area contributed by atoms with E-state index in [1.54, 1.807) is 0 Å². The van der Waals surface area contributed by atoms with Crippen molar-refractivity contribution in [2.45, 2.75) is 78.1 Å². The van der Waals surface area contributed by atoms with Gasteiger partial charge in [-0.15, -0.1) is 0 Å². The molecule has 2 unspecified atom stereocenters. The summed E-state index contributed by atoms with van der Waals surface area (Å²) in [6, 6.07) is 15.7. The van der Waals surface area contributed by atoms with Gasteiger partial charge in [0, 0.05) is 29.4 Å². The van der Waals surface area contributed by atoms with Crippen LogP contribution in [0.2, 0.25) is 0 Å². The van der Waals surface area contributed by atoms with Crippen molar-refractivity contribution < 1.29 is 0 Å². The largest absolute Gasteiger partial charge is 0.264 e. The SMILES string of the molecule is CC(C)c1ccc2cccnc2c1C(C)CCC(C)c1cc(C(C)C)c2ccncc2c1. The van der Waals surface area contributed by atoms with Crippen LogP contribution in [0.25, 0.3) is 21.7 Å². The first-order valence-electron chi connectivity index (χ1n) is 12.1. The predicted octanol–water partition coefficient (Wildman–Crippen LogP) is 8.72. The summed E-state index contributed by atoms with van der Waals surface area (Å²) >= 11 is 0. The maximum absolute atomic E-state index is 4.79. The van der Waals surface area contributed by atoms with Crippen LogP contribution in [0.3, 0.4) is 0 Å². The molecule has 166 valence electrons. The van der Waals surface area contributed by atoms with Crippen molar-refractivity contribution in [2.24, 2.45) is 0 Å². The lowest BCUT2D eigenvalue weighted by molar-refractivity contribution is 0.570. The fraction of sp³-hybridized carbons (Fsp3) is 0.400. The van der Waals surface area contributed by atoms with E-state index in [4.69, 9.17) is 4.98 Å². The van der Waals surface area contributed by atoms with E-state index in [1.807, 2.05) is 24.7 Å². The van der Waals surface area contributed by atoms with Crippen LogP contribution in [0, 0.1) is 0 Å². The van der Waals surface area contributed by atoms with E-state index >= 15 is 0 Å². The van der Waals surface area contributed by atoms with Crippen LogP contribution in [0.4, 0.5) is 0 Å². The minimum atomic E-state index is 0.472. The summed E-state index contributed by atoms with van der Waals surface area (Å²) in [6.07, 6.45) is 8.16. The Morgan fingerprint density at radius 2 is 1.47 bits per heavy atom. The second-order valence-corrected chi connectivity index (χ2v) is 10.0. The zero-order valence-electron chi connectivity index (χ0n) is 20.4. The van der Waals surface area contributed by atoms with Gasteiger partial charge in [-0.05, 0) is 82.4 Å². The first kappa shape index (κ1) is 22.5. The smallest absolute Gasteiger partial charge is 0.0739 e. The molecule has 0 fully saturated rings. The Balaban J connectivity index is 1.61. The summed E-state index contributed by atoms with van der Waals surface area (Å²) in [5.74, 6) is 1.98. The topological polar surface area (TPSA) is 25.8 Å². The highest BCUT2D eigenvalue weighted by atomic mass is 14.7. The Kier molecular flexibility index (Phi) is 6.60. The first-order chi connectivity index (χ1) is 15.4. The average molecular weight is 425 g/mol. The Hall–Kier alpha value is -2.74. The highest BCUT2D eigenvalue weighted by Gasteiger charge is 2.19. The lowest BCUT2D eigenvalue weighted by atomic mass is 9.82. The Labute approximate surface area is 193 Å². The number of fused-ring (bicyclic) bond motifs is 2. The maximum Gasteiger partial charge on any atom is 0.0739 e. The van der Waals surface area contributed by atoms with Crippen molar-refractivity contribution in [2.75, 3.05) is 0 Å². The molecule has 0 amide bonds. The van der Waals surface area contributed by atoms with E-state index in [2.05, 4.69) is 82.9 Å². The normalized spacial score (nSPS) is 13.9. The van der Waals surface area contributed by atoms with Gasteiger partial charge in [0.05, 0.1) is 5.52 Å². The second-order valence-electron chi connectivity index (χ2n) is 10.0. The Morgan fingerprint density at radius 3 is 2.22 bits per heavy atom. The molecule has 2 atom stereocenters. The van der Waals surface area contributed by atoms with Crippen molar-refractivity contribution in [1.29, 1.82) is 0 Å². The number of hydrogen-bond acceptors (Lipinski definition) is 2. The molecule has 0 saturated heterocycles. The molecule has 2 aromatic carbocycles. The molecule has 0 aliphatic heterocycles. The lowest BCUT2D eigenvalue weighted by Gasteiger charge is -2.23. The highest BCUT2D eigenvalue weighted by Crippen LogP contribution is 2.37. The highest BCUT2D eigenvalue weighted by molar-refractivity contribution is 5.86. The van der Waals surface area contributed by atoms with E-state index in [0.717, 1.165) is 12.8 Å². The first-order valence-corrected chi connectivity index (χ1v) is 12.1. The molecular weight excluding hydrogens is 388 g/mol. The quantitative estimate of drug-likeness (QED) is 0.296. The van der Waals surface area contributed by atoms with E-state index in [0.29, 0.717) is 23.7 Å². The lowest BCUT2D eigenvalue weighted by Crippen LogP contribution is -2.06. The van der Waals surface area contributed by atoms with Gasteiger partial charge in [-0.1, -0.05) is 65.8 Å². The molecule has 2 heteroatoms. The van der Waals surface area contributed by atoms with E-state index in [-0.39, 0.29) is 0 Å². The molecule has 2 nitrogen and oxygen atoms in total. The monoisotopic (exact) mass is 424 g/mol. The molecule has 2 aromatic heterocycles. The van der Waals surface area contributed by atoms with Crippen LogP contribution >= 0.6 is 0 Å². The summed E-state index contributed by atoms with van der Waals surface area (Å²) in [7, 11) is 0. The van der Waals surface area contributed by atoms with Crippen molar-refractivity contribution in [3.8, 4) is 0 Å². The van der Waals surface area contributed by atoms with Gasteiger partial charge < -0.3 is 0 Å². The van der Waals surface area contributed by atoms with Crippen molar-refractivity contribution in [3.05, 3.63) is 83.3 Å². The third kappa shape index (κ3) is 4.41. The van der Waals surface area contributed by atoms with Crippen LogP contribution in [-0.2, 0) is 0 Å². The van der Waals surface area contributed by atoms with Gasteiger partial charge in [-0.2, -0.15) is 0 Å². The molecule has 4 aromatic rings. The number of nitrogens with zero attached hydrogens (tertiary/aromatic N) is 2. The van der Waals surface area contributed by atoms with Crippen LogP contribution in [0.5, 0.6) is 0 Å². The minimum absolute atomic E-state index is 0.472. The molecule has 0 radical (unpaired) electrons. The molecular formula is C30H36N2. The third-order valence-corrected chi connectivity index (χ3v) is 6.99. The Morgan fingerprint density at radius 1 is 0.719 bits per heavy atom. The number of aromatic nitrogens is 2. The fourth-order valence-electron chi connectivity index (χ4n) is 5.04. The molecule has 0 spiro atoms. The summed E-state index contributed by atoms with van der Waals surface area (Å²) < 4.78 is 0. The molecule has 4 rings (SSSR count). The second kappa shape index (κ2) is 9.40. The third-order valence-electron chi connectivity index (χ3n) is 6.99. The molecule has 0 N–H and O–H groups in total. The average Bonchev–Trinajstić information content (AvgIpc) is 2.80. The fourth-order valence-corrected chi connectivity index (χ4v) is 5.04. The molecule has 2 heterocycles. The minimum Gasteiger partial charge on any atom is -0.264 e. The zero-order chi connectivity index (χ0) is 22.8. The molecule has 0 aliphatic carbocycles. The summed E-state index contributed by atoms with van der Waals surface area (Å²) in [5, 5.41) is 3.84. The van der Waals surface area contributed by atoms with Crippen LogP contribution in [0.15, 0.2) is 61.1 Å². The van der Waals surface area contributed by atoms with Crippen LogP contribution in [0.1, 0.15) is 100 Å². The molecule has 32 heavy (non-hydrogen) atoms. The number of pyridine rings is 2. The van der Waals surface area contributed by atoms with Gasteiger partial charge in [0.2, 0.25) is 0 Å². The van der Waals surface area contributed by atoms with Gasteiger partial charge >= 0.3 is 0 Å². The molecule has 0 bridgehead atoms. The Bertz CT molecular complexity index is 1220. The van der Waals surface area contributed by atoms with Gasteiger partial charge in [0.1, 0.15) is 0 Å². The molecule has 0 aliphatic rings. The number of rotatable bonds is 7. The maximum atomic E-state index is 4.79. The standard InChI is InChI=1S/C30H36N2/c1-19(2)26-12-11-23-8-7-14-32-30(23)29(26)22(6)10-9-21(5)24-16-25-18-31-15-13-27(25)28(17-24)20(3)4/h7-8,11-22H,9-10H2,1-6H3. The summed E-state index contributed by atoms with van der Waals surface area (Å²) in [5.41, 5.74) is 6.92. The van der Waals surface area contributed by atoms with Gasteiger partial charge in [0.25, 0.3) is 0 Å². The summed E-state index contributed by atoms with van der Waals surface area (Å²) in [6.45, 7) is 13.9. The van der Waals surface area contributed by atoms with Crippen molar-refractivity contribution in [3.63, 3.8) is 0 Å².